The van der Waals surface area contributed by atoms with Crippen LogP contribution >= 0.6 is 0 Å². The minimum Gasteiger partial charge on any atom is -0.356 e. The van der Waals surface area contributed by atoms with Crippen molar-refractivity contribution in [2.24, 2.45) is 0 Å². The predicted molar refractivity (Wildman–Crippen MR) is 46.7 cm³/mol. The van der Waals surface area contributed by atoms with Gasteiger partial charge >= 0.3 is 0 Å². The van der Waals surface area contributed by atoms with E-state index in [1.807, 2.05) is 24.3 Å². The van der Waals surface area contributed by atoms with Gasteiger partial charge in [0.25, 0.3) is 0 Å². The topological polar surface area (TPSA) is 26.0 Å². The molecule has 0 atom stereocenters. The zero-order valence-electron chi connectivity index (χ0n) is 6.82. The van der Waals surface area contributed by atoms with Crippen molar-refractivity contribution in [3.63, 3.8) is 0 Å². The Bertz CT molecular complexity index is 365. The zero-order chi connectivity index (χ0) is 8.39. The van der Waals surface area contributed by atoms with Gasteiger partial charge in [0.05, 0.1) is 6.20 Å². The van der Waals surface area contributed by atoms with Crippen LogP contribution in [0.5, 0.6) is 0 Å². The lowest BCUT2D eigenvalue weighted by Crippen LogP contribution is -1.78. The van der Waals surface area contributed by atoms with Gasteiger partial charge in [0.1, 0.15) is 0 Å². The number of hydrogen-bond donors (Lipinski definition) is 0. The van der Waals surface area contributed by atoms with Gasteiger partial charge in [-0.1, -0.05) is 29.4 Å². The summed E-state index contributed by atoms with van der Waals surface area (Å²) in [6, 6.07) is 9.94. The van der Waals surface area contributed by atoms with Crippen LogP contribution < -0.4 is 0 Å². The van der Waals surface area contributed by atoms with E-state index in [1.165, 1.54) is 5.56 Å². The fraction of sp³-hybridized carbons (Fsp3) is 0.100. The summed E-state index contributed by atoms with van der Waals surface area (Å²) in [6.45, 7) is 2.05. The van der Waals surface area contributed by atoms with Crippen molar-refractivity contribution in [2.75, 3.05) is 0 Å². The molecule has 0 aliphatic heterocycles. The molecule has 12 heavy (non-hydrogen) atoms. The number of aryl methyl sites for hydroxylation is 1. The Labute approximate surface area is 70.8 Å². The van der Waals surface area contributed by atoms with Gasteiger partial charge in [-0.15, -0.1) is 0 Å². The van der Waals surface area contributed by atoms with E-state index in [1.54, 1.807) is 6.20 Å². The van der Waals surface area contributed by atoms with Crippen LogP contribution in [0, 0.1) is 6.92 Å². The monoisotopic (exact) mass is 159 g/mol. The molecule has 2 aromatic rings. The summed E-state index contributed by atoms with van der Waals surface area (Å²) in [5, 5.41) is 3.66. The third-order valence-corrected chi connectivity index (χ3v) is 1.85. The highest BCUT2D eigenvalue weighted by molar-refractivity contribution is 5.60. The fourth-order valence-corrected chi connectivity index (χ4v) is 1.20. The summed E-state index contributed by atoms with van der Waals surface area (Å²) < 4.78 is 5.05. The number of benzene rings is 1. The predicted octanol–water partition coefficient (Wildman–Crippen LogP) is 2.65. The summed E-state index contributed by atoms with van der Waals surface area (Å²) in [4.78, 5) is 0. The van der Waals surface area contributed by atoms with Gasteiger partial charge in [-0.3, -0.25) is 0 Å². The fourth-order valence-electron chi connectivity index (χ4n) is 1.20. The molecular formula is C10H9NO. The summed E-state index contributed by atoms with van der Waals surface area (Å²) in [6.07, 6.45) is 1.65. The lowest BCUT2D eigenvalue weighted by molar-refractivity contribution is 0.432. The lowest BCUT2D eigenvalue weighted by atomic mass is 10.1. The van der Waals surface area contributed by atoms with Crippen molar-refractivity contribution in [3.8, 4) is 11.3 Å². The molecule has 1 heterocycles. The molecular weight excluding hydrogens is 150 g/mol. The molecule has 0 N–H and O–H groups in total. The molecule has 60 valence electrons. The highest BCUT2D eigenvalue weighted by Crippen LogP contribution is 2.21. The van der Waals surface area contributed by atoms with Gasteiger partial charge in [-0.2, -0.15) is 0 Å². The first-order valence-electron chi connectivity index (χ1n) is 3.84. The molecule has 0 radical (unpaired) electrons. The average Bonchev–Trinajstić information content (AvgIpc) is 2.57. The lowest BCUT2D eigenvalue weighted by Gasteiger charge is -1.98. The molecule has 2 heteroatoms. The Morgan fingerprint density at radius 1 is 1.17 bits per heavy atom. The van der Waals surface area contributed by atoms with E-state index in [4.69, 9.17) is 4.52 Å². The number of nitrogens with zero attached hydrogens (tertiary/aromatic N) is 1. The number of rotatable bonds is 1. The molecule has 0 amide bonds. The first kappa shape index (κ1) is 7.10. The van der Waals surface area contributed by atoms with Crippen LogP contribution in [0.15, 0.2) is 41.1 Å². The molecule has 0 aliphatic carbocycles. The summed E-state index contributed by atoms with van der Waals surface area (Å²) >= 11 is 0. The van der Waals surface area contributed by atoms with E-state index in [-0.39, 0.29) is 0 Å². The van der Waals surface area contributed by atoms with E-state index in [9.17, 15) is 0 Å². The van der Waals surface area contributed by atoms with E-state index >= 15 is 0 Å². The van der Waals surface area contributed by atoms with Crippen LogP contribution in [-0.4, -0.2) is 5.16 Å². The molecule has 0 aliphatic rings. The standard InChI is InChI=1S/C10H9NO/c1-8-4-2-3-5-9(8)10-6-7-11-12-10/h2-7H,1H3. The maximum absolute atomic E-state index is 5.05. The highest BCUT2D eigenvalue weighted by Gasteiger charge is 2.02. The molecule has 0 bridgehead atoms. The normalized spacial score (nSPS) is 10.1. The minimum absolute atomic E-state index is 0.827. The summed E-state index contributed by atoms with van der Waals surface area (Å²) in [5.41, 5.74) is 2.31. The van der Waals surface area contributed by atoms with Gasteiger partial charge < -0.3 is 4.52 Å². The molecule has 0 saturated heterocycles. The molecule has 0 unspecified atom stereocenters. The molecule has 0 saturated carbocycles. The maximum Gasteiger partial charge on any atom is 0.167 e. The first-order valence-corrected chi connectivity index (χ1v) is 3.84. The van der Waals surface area contributed by atoms with E-state index < -0.39 is 0 Å². The molecule has 0 fully saturated rings. The van der Waals surface area contributed by atoms with Gasteiger partial charge in [-0.05, 0) is 12.5 Å². The largest absolute Gasteiger partial charge is 0.356 e. The maximum atomic E-state index is 5.05. The van der Waals surface area contributed by atoms with Gasteiger partial charge in [-0.25, -0.2) is 0 Å². The molecule has 1 aromatic heterocycles. The quantitative estimate of drug-likeness (QED) is 0.639. The number of hydrogen-bond acceptors (Lipinski definition) is 2. The second kappa shape index (κ2) is 2.81. The van der Waals surface area contributed by atoms with Crippen molar-refractivity contribution >= 4 is 0 Å². The smallest absolute Gasteiger partial charge is 0.167 e. The Morgan fingerprint density at radius 3 is 2.67 bits per heavy atom. The SMILES string of the molecule is Cc1ccccc1-c1ccno1. The van der Waals surface area contributed by atoms with Crippen LogP contribution in [-0.2, 0) is 0 Å². The Balaban J connectivity index is 2.55. The molecule has 2 rings (SSSR count). The van der Waals surface area contributed by atoms with Crippen LogP contribution in [0.3, 0.4) is 0 Å². The molecule has 2 nitrogen and oxygen atoms in total. The first-order chi connectivity index (χ1) is 5.88. The third kappa shape index (κ3) is 1.11. The van der Waals surface area contributed by atoms with Crippen LogP contribution in [0.4, 0.5) is 0 Å². The van der Waals surface area contributed by atoms with Crippen molar-refractivity contribution in [1.82, 2.24) is 5.16 Å². The summed E-state index contributed by atoms with van der Waals surface area (Å²) in [5.74, 6) is 0.827. The zero-order valence-corrected chi connectivity index (χ0v) is 6.82. The van der Waals surface area contributed by atoms with Crippen LogP contribution in [0.1, 0.15) is 5.56 Å². The van der Waals surface area contributed by atoms with Crippen LogP contribution in [0.25, 0.3) is 11.3 Å². The van der Waals surface area contributed by atoms with E-state index in [0.717, 1.165) is 11.3 Å². The van der Waals surface area contributed by atoms with Crippen molar-refractivity contribution in [2.45, 2.75) is 6.92 Å². The second-order valence-electron chi connectivity index (χ2n) is 2.69. The Hall–Kier alpha value is -1.57. The van der Waals surface area contributed by atoms with E-state index in [0.29, 0.717) is 0 Å². The number of aromatic nitrogens is 1. The second-order valence-corrected chi connectivity index (χ2v) is 2.69. The Kier molecular flexibility index (Phi) is 1.67. The van der Waals surface area contributed by atoms with Crippen molar-refractivity contribution < 1.29 is 4.52 Å². The summed E-state index contributed by atoms with van der Waals surface area (Å²) in [7, 11) is 0. The van der Waals surface area contributed by atoms with Crippen molar-refractivity contribution in [3.05, 3.63) is 42.1 Å². The highest BCUT2D eigenvalue weighted by atomic mass is 16.5. The van der Waals surface area contributed by atoms with Crippen LogP contribution in [0.2, 0.25) is 0 Å². The van der Waals surface area contributed by atoms with Gasteiger partial charge in [0.15, 0.2) is 5.76 Å². The Morgan fingerprint density at radius 2 is 2.00 bits per heavy atom. The molecule has 1 aromatic carbocycles. The molecule has 0 spiro atoms. The van der Waals surface area contributed by atoms with Gasteiger partial charge in [0.2, 0.25) is 0 Å². The van der Waals surface area contributed by atoms with Gasteiger partial charge in [0, 0.05) is 11.6 Å². The van der Waals surface area contributed by atoms with E-state index in [2.05, 4.69) is 18.1 Å². The average molecular weight is 159 g/mol. The van der Waals surface area contributed by atoms with Crippen molar-refractivity contribution in [1.29, 1.82) is 0 Å². The minimum atomic E-state index is 0.827. The third-order valence-electron chi connectivity index (χ3n) is 1.85.